The molecule has 0 aliphatic rings. The molecular formula is C12H9FN. The van der Waals surface area contributed by atoms with Gasteiger partial charge in [0, 0.05) is 5.56 Å². The molecule has 0 amide bonds. The predicted molar refractivity (Wildman–Crippen MR) is 54.1 cm³/mol. The quantitative estimate of drug-likeness (QED) is 0.624. The maximum atomic E-state index is 12.8. The van der Waals surface area contributed by atoms with Crippen molar-refractivity contribution in [2.24, 2.45) is 0 Å². The van der Waals surface area contributed by atoms with Gasteiger partial charge >= 0.3 is 0 Å². The fourth-order valence-corrected chi connectivity index (χ4v) is 1.24. The van der Waals surface area contributed by atoms with E-state index in [-0.39, 0.29) is 0 Å². The fourth-order valence-electron chi connectivity index (χ4n) is 1.24. The Kier molecular flexibility index (Phi) is 2.27. The minimum atomic E-state index is -0.457. The molecule has 0 saturated carbocycles. The Bertz CT molecular complexity index is 434. The van der Waals surface area contributed by atoms with Gasteiger partial charge in [-0.1, -0.05) is 30.3 Å². The summed E-state index contributed by atoms with van der Waals surface area (Å²) < 4.78 is 12.8. The second-order valence-electron chi connectivity index (χ2n) is 3.04. The third-order valence-electron chi connectivity index (χ3n) is 1.96. The van der Waals surface area contributed by atoms with Crippen LogP contribution in [-0.2, 0) is 0 Å². The Labute approximate surface area is 82.2 Å². The standard InChI is InChI=1S/C12H9FN/c1-9-5-7-10(8-6-9)11-3-2-4-12(13)14-11/h2-8H,1H2. The van der Waals surface area contributed by atoms with Crippen LogP contribution in [0.2, 0.25) is 0 Å². The zero-order chi connectivity index (χ0) is 9.97. The summed E-state index contributed by atoms with van der Waals surface area (Å²) in [5.74, 6) is -0.457. The van der Waals surface area contributed by atoms with Crippen LogP contribution in [0, 0.1) is 12.9 Å². The minimum Gasteiger partial charge on any atom is -0.220 e. The van der Waals surface area contributed by atoms with Gasteiger partial charge in [-0.15, -0.1) is 0 Å². The van der Waals surface area contributed by atoms with Crippen LogP contribution in [0.15, 0.2) is 42.5 Å². The molecule has 2 heteroatoms. The Morgan fingerprint density at radius 1 is 1.00 bits per heavy atom. The van der Waals surface area contributed by atoms with Gasteiger partial charge in [0.25, 0.3) is 0 Å². The lowest BCUT2D eigenvalue weighted by Gasteiger charge is -2.00. The van der Waals surface area contributed by atoms with E-state index in [1.807, 2.05) is 24.3 Å². The lowest BCUT2D eigenvalue weighted by atomic mass is 10.1. The first-order chi connectivity index (χ1) is 6.75. The van der Waals surface area contributed by atoms with Crippen molar-refractivity contribution in [1.29, 1.82) is 0 Å². The van der Waals surface area contributed by atoms with Crippen LogP contribution >= 0.6 is 0 Å². The van der Waals surface area contributed by atoms with Crippen molar-refractivity contribution >= 4 is 0 Å². The first kappa shape index (κ1) is 8.88. The molecule has 2 rings (SSSR count). The molecule has 0 unspecified atom stereocenters. The largest absolute Gasteiger partial charge is 0.220 e. The van der Waals surface area contributed by atoms with Crippen molar-refractivity contribution < 1.29 is 4.39 Å². The van der Waals surface area contributed by atoms with Crippen molar-refractivity contribution in [3.63, 3.8) is 0 Å². The molecule has 2 aromatic rings. The van der Waals surface area contributed by atoms with E-state index in [4.69, 9.17) is 0 Å². The summed E-state index contributed by atoms with van der Waals surface area (Å²) in [7, 11) is 0. The van der Waals surface area contributed by atoms with Gasteiger partial charge in [0.05, 0.1) is 5.69 Å². The molecule has 1 aromatic carbocycles. The number of nitrogens with zero attached hydrogens (tertiary/aromatic N) is 1. The van der Waals surface area contributed by atoms with Crippen LogP contribution in [0.3, 0.4) is 0 Å². The zero-order valence-electron chi connectivity index (χ0n) is 7.57. The van der Waals surface area contributed by atoms with Gasteiger partial charge in [0.15, 0.2) is 0 Å². The molecule has 0 saturated heterocycles. The summed E-state index contributed by atoms with van der Waals surface area (Å²) in [5, 5.41) is 0. The summed E-state index contributed by atoms with van der Waals surface area (Å²) in [5.41, 5.74) is 2.48. The van der Waals surface area contributed by atoms with E-state index in [9.17, 15) is 4.39 Å². The first-order valence-corrected chi connectivity index (χ1v) is 4.31. The molecule has 69 valence electrons. The summed E-state index contributed by atoms with van der Waals surface area (Å²) in [6.45, 7) is 3.78. The lowest BCUT2D eigenvalue weighted by molar-refractivity contribution is 0.585. The van der Waals surface area contributed by atoms with Gasteiger partial charge < -0.3 is 0 Å². The van der Waals surface area contributed by atoms with E-state index in [2.05, 4.69) is 11.9 Å². The van der Waals surface area contributed by atoms with Crippen LogP contribution in [0.5, 0.6) is 0 Å². The number of hydrogen-bond donors (Lipinski definition) is 0. The van der Waals surface area contributed by atoms with E-state index >= 15 is 0 Å². The van der Waals surface area contributed by atoms with Gasteiger partial charge in [0.2, 0.25) is 5.95 Å². The maximum Gasteiger partial charge on any atom is 0.213 e. The predicted octanol–water partition coefficient (Wildman–Crippen LogP) is 3.07. The monoisotopic (exact) mass is 186 g/mol. The summed E-state index contributed by atoms with van der Waals surface area (Å²) >= 11 is 0. The SMILES string of the molecule is [CH2]c1ccc(-c2cccc(F)n2)cc1. The van der Waals surface area contributed by atoms with Crippen LogP contribution in [0.4, 0.5) is 4.39 Å². The number of rotatable bonds is 1. The molecule has 0 spiro atoms. The molecule has 0 N–H and O–H groups in total. The second kappa shape index (κ2) is 3.58. The normalized spacial score (nSPS) is 10.1. The summed E-state index contributed by atoms with van der Waals surface area (Å²) in [4.78, 5) is 3.79. The van der Waals surface area contributed by atoms with Crippen molar-refractivity contribution in [2.75, 3.05) is 0 Å². The van der Waals surface area contributed by atoms with Crippen LogP contribution < -0.4 is 0 Å². The van der Waals surface area contributed by atoms with E-state index in [0.717, 1.165) is 11.1 Å². The average molecular weight is 186 g/mol. The molecule has 1 heterocycles. The van der Waals surface area contributed by atoms with E-state index in [0.29, 0.717) is 5.69 Å². The van der Waals surface area contributed by atoms with Gasteiger partial charge in [-0.3, -0.25) is 0 Å². The number of benzene rings is 1. The maximum absolute atomic E-state index is 12.8. The Balaban J connectivity index is 2.44. The van der Waals surface area contributed by atoms with Crippen molar-refractivity contribution in [2.45, 2.75) is 0 Å². The number of aromatic nitrogens is 1. The smallest absolute Gasteiger partial charge is 0.213 e. The van der Waals surface area contributed by atoms with Gasteiger partial charge in [-0.25, -0.2) is 4.98 Å². The van der Waals surface area contributed by atoms with Crippen LogP contribution in [-0.4, -0.2) is 4.98 Å². The summed E-state index contributed by atoms with van der Waals surface area (Å²) in [6.07, 6.45) is 0. The highest BCUT2D eigenvalue weighted by molar-refractivity contribution is 5.59. The highest BCUT2D eigenvalue weighted by atomic mass is 19.1. The molecule has 0 fully saturated rings. The first-order valence-electron chi connectivity index (χ1n) is 4.31. The number of halogens is 1. The number of pyridine rings is 1. The second-order valence-corrected chi connectivity index (χ2v) is 3.04. The van der Waals surface area contributed by atoms with E-state index in [1.165, 1.54) is 6.07 Å². The van der Waals surface area contributed by atoms with Gasteiger partial charge in [0.1, 0.15) is 0 Å². The Hall–Kier alpha value is -1.70. The molecule has 1 radical (unpaired) electrons. The van der Waals surface area contributed by atoms with Crippen molar-refractivity contribution in [1.82, 2.24) is 4.98 Å². The van der Waals surface area contributed by atoms with Crippen molar-refractivity contribution in [3.8, 4) is 11.3 Å². The van der Waals surface area contributed by atoms with E-state index < -0.39 is 5.95 Å². The van der Waals surface area contributed by atoms with Crippen LogP contribution in [0.25, 0.3) is 11.3 Å². The third kappa shape index (κ3) is 1.79. The molecule has 0 aliphatic carbocycles. The third-order valence-corrected chi connectivity index (χ3v) is 1.96. The molecule has 0 aliphatic heterocycles. The van der Waals surface area contributed by atoms with E-state index in [1.54, 1.807) is 12.1 Å². The topological polar surface area (TPSA) is 12.9 Å². The van der Waals surface area contributed by atoms with Crippen LogP contribution in [0.1, 0.15) is 5.56 Å². The minimum absolute atomic E-state index is 0.457. The molecular weight excluding hydrogens is 177 g/mol. The Morgan fingerprint density at radius 3 is 2.36 bits per heavy atom. The average Bonchev–Trinajstić information content (AvgIpc) is 2.19. The van der Waals surface area contributed by atoms with Crippen molar-refractivity contribution in [3.05, 3.63) is 60.9 Å². The fraction of sp³-hybridized carbons (Fsp3) is 0. The molecule has 0 bridgehead atoms. The number of hydrogen-bond acceptors (Lipinski definition) is 1. The lowest BCUT2D eigenvalue weighted by Crippen LogP contribution is -1.86. The molecule has 0 atom stereocenters. The van der Waals surface area contributed by atoms with Gasteiger partial charge in [-0.05, 0) is 24.6 Å². The molecule has 14 heavy (non-hydrogen) atoms. The highest BCUT2D eigenvalue weighted by Gasteiger charge is 1.99. The summed E-state index contributed by atoms with van der Waals surface area (Å²) in [6, 6.07) is 12.3. The molecule has 1 nitrogen and oxygen atoms in total. The zero-order valence-corrected chi connectivity index (χ0v) is 7.57. The van der Waals surface area contributed by atoms with Gasteiger partial charge in [-0.2, -0.15) is 4.39 Å². The molecule has 1 aromatic heterocycles. The Morgan fingerprint density at radius 2 is 1.71 bits per heavy atom. The highest BCUT2D eigenvalue weighted by Crippen LogP contribution is 2.17.